The lowest BCUT2D eigenvalue weighted by Gasteiger charge is -2.03. The second kappa shape index (κ2) is 9.11. The van der Waals surface area contributed by atoms with Crippen LogP contribution in [0.4, 0.5) is 0 Å². The number of fused-ring (bicyclic) bond motifs is 3. The van der Waals surface area contributed by atoms with Gasteiger partial charge in [-0.1, -0.05) is 95.6 Å². The van der Waals surface area contributed by atoms with E-state index < -0.39 is 0 Å². The van der Waals surface area contributed by atoms with E-state index in [2.05, 4.69) is 46.4 Å². The van der Waals surface area contributed by atoms with E-state index in [9.17, 15) is 0 Å². The summed E-state index contributed by atoms with van der Waals surface area (Å²) in [5, 5.41) is 9.63. The van der Waals surface area contributed by atoms with Crippen LogP contribution in [-0.4, -0.2) is 25.3 Å². The summed E-state index contributed by atoms with van der Waals surface area (Å²) in [6.45, 7) is 4.11. The second-order valence-corrected chi connectivity index (χ2v) is 8.58. The minimum Gasteiger partial charge on any atom is -0.437 e. The third-order valence-corrected chi connectivity index (χ3v) is 6.04. The van der Waals surface area contributed by atoms with Crippen LogP contribution in [0.1, 0.15) is 23.9 Å². The molecule has 0 fully saturated rings. The Morgan fingerprint density at radius 3 is 2.33 bits per heavy atom. The molecule has 0 amide bonds. The molecule has 0 saturated heterocycles. The zero-order valence-corrected chi connectivity index (χ0v) is 19.9. The SMILES string of the molecule is CC(=NOCc1nc2c3c(-c4ccccc4)c(-c4ccccc4)oc3ncn2n1)c1ccc(C)cc1. The lowest BCUT2D eigenvalue weighted by molar-refractivity contribution is 0.125. The molecule has 7 nitrogen and oxygen atoms in total. The molecule has 7 heteroatoms. The fraction of sp³-hybridized carbons (Fsp3) is 0.103. The molecular weight excluding hydrogens is 450 g/mol. The summed E-state index contributed by atoms with van der Waals surface area (Å²) >= 11 is 0. The molecule has 0 aliphatic rings. The number of aryl methyl sites for hydroxylation is 1. The fourth-order valence-corrected chi connectivity index (χ4v) is 4.21. The molecule has 3 aromatic heterocycles. The average Bonchev–Trinajstić information content (AvgIpc) is 3.51. The molecule has 6 aromatic rings. The summed E-state index contributed by atoms with van der Waals surface area (Å²) < 4.78 is 7.94. The van der Waals surface area contributed by atoms with Crippen LogP contribution >= 0.6 is 0 Å². The number of benzene rings is 3. The number of rotatable bonds is 6. The van der Waals surface area contributed by atoms with Crippen LogP contribution in [0, 0.1) is 6.92 Å². The van der Waals surface area contributed by atoms with E-state index in [4.69, 9.17) is 14.2 Å². The first-order chi connectivity index (χ1) is 17.7. The highest BCUT2D eigenvalue weighted by atomic mass is 16.6. The Bertz CT molecular complexity index is 1680. The van der Waals surface area contributed by atoms with Crippen molar-refractivity contribution in [2.45, 2.75) is 20.5 Å². The first-order valence-corrected chi connectivity index (χ1v) is 11.7. The monoisotopic (exact) mass is 473 g/mol. The van der Waals surface area contributed by atoms with E-state index in [-0.39, 0.29) is 6.61 Å². The molecule has 0 atom stereocenters. The predicted molar refractivity (Wildman–Crippen MR) is 140 cm³/mol. The van der Waals surface area contributed by atoms with Crippen molar-refractivity contribution in [1.29, 1.82) is 0 Å². The van der Waals surface area contributed by atoms with Gasteiger partial charge >= 0.3 is 0 Å². The molecule has 0 saturated carbocycles. The van der Waals surface area contributed by atoms with Gasteiger partial charge in [-0.05, 0) is 25.0 Å². The summed E-state index contributed by atoms with van der Waals surface area (Å²) in [4.78, 5) is 14.9. The van der Waals surface area contributed by atoms with Crippen molar-refractivity contribution in [3.8, 4) is 22.5 Å². The highest BCUT2D eigenvalue weighted by molar-refractivity contribution is 6.07. The van der Waals surface area contributed by atoms with Crippen LogP contribution in [-0.2, 0) is 11.4 Å². The quantitative estimate of drug-likeness (QED) is 0.205. The maximum Gasteiger partial charge on any atom is 0.232 e. The van der Waals surface area contributed by atoms with E-state index >= 15 is 0 Å². The topological polar surface area (TPSA) is 77.8 Å². The number of hydrogen-bond donors (Lipinski definition) is 0. The largest absolute Gasteiger partial charge is 0.437 e. The van der Waals surface area contributed by atoms with Crippen LogP contribution < -0.4 is 0 Å². The molecule has 6 rings (SSSR count). The summed E-state index contributed by atoms with van der Waals surface area (Å²) in [5.74, 6) is 1.25. The summed E-state index contributed by atoms with van der Waals surface area (Å²) in [6, 6.07) is 28.3. The van der Waals surface area contributed by atoms with Crippen LogP contribution in [0.3, 0.4) is 0 Å². The molecule has 0 spiro atoms. The maximum atomic E-state index is 6.28. The van der Waals surface area contributed by atoms with Gasteiger partial charge in [0.2, 0.25) is 5.71 Å². The number of aromatic nitrogens is 4. The lowest BCUT2D eigenvalue weighted by atomic mass is 9.99. The van der Waals surface area contributed by atoms with Crippen molar-refractivity contribution in [3.63, 3.8) is 0 Å². The molecule has 3 heterocycles. The lowest BCUT2D eigenvalue weighted by Crippen LogP contribution is -1.98. The van der Waals surface area contributed by atoms with E-state index in [1.807, 2.05) is 67.6 Å². The van der Waals surface area contributed by atoms with Crippen LogP contribution in [0.25, 0.3) is 39.2 Å². The molecule has 0 aliphatic heterocycles. The highest BCUT2D eigenvalue weighted by Gasteiger charge is 2.22. The summed E-state index contributed by atoms with van der Waals surface area (Å²) in [7, 11) is 0. The Morgan fingerprint density at radius 2 is 1.61 bits per heavy atom. The third-order valence-electron chi connectivity index (χ3n) is 6.04. The van der Waals surface area contributed by atoms with E-state index in [1.165, 1.54) is 5.56 Å². The van der Waals surface area contributed by atoms with Gasteiger partial charge in [-0.3, -0.25) is 0 Å². The van der Waals surface area contributed by atoms with Crippen molar-refractivity contribution in [2.24, 2.45) is 5.16 Å². The highest BCUT2D eigenvalue weighted by Crippen LogP contribution is 2.41. The number of hydrogen-bond acceptors (Lipinski definition) is 6. The Balaban J connectivity index is 1.40. The predicted octanol–water partition coefficient (Wildman–Crippen LogP) is 6.45. The van der Waals surface area contributed by atoms with Crippen molar-refractivity contribution >= 4 is 22.5 Å². The van der Waals surface area contributed by atoms with Gasteiger partial charge in [0.25, 0.3) is 0 Å². The average molecular weight is 474 g/mol. The molecule has 0 bridgehead atoms. The van der Waals surface area contributed by atoms with Crippen molar-refractivity contribution in [3.05, 3.63) is 108 Å². The van der Waals surface area contributed by atoms with Gasteiger partial charge in [-0.15, -0.1) is 5.10 Å². The van der Waals surface area contributed by atoms with Crippen LogP contribution in [0.5, 0.6) is 0 Å². The van der Waals surface area contributed by atoms with Gasteiger partial charge in [-0.2, -0.15) is 0 Å². The van der Waals surface area contributed by atoms with Gasteiger partial charge in [0, 0.05) is 11.1 Å². The van der Waals surface area contributed by atoms with E-state index in [0.717, 1.165) is 39.1 Å². The van der Waals surface area contributed by atoms with Crippen molar-refractivity contribution in [2.75, 3.05) is 0 Å². The normalized spacial score (nSPS) is 11.9. The second-order valence-electron chi connectivity index (χ2n) is 8.58. The number of nitrogens with zero attached hydrogens (tertiary/aromatic N) is 5. The van der Waals surface area contributed by atoms with Gasteiger partial charge < -0.3 is 9.25 Å². The van der Waals surface area contributed by atoms with E-state index in [0.29, 0.717) is 17.2 Å². The van der Waals surface area contributed by atoms with Gasteiger partial charge in [-0.25, -0.2) is 14.5 Å². The smallest absolute Gasteiger partial charge is 0.232 e. The Labute approximate surface area is 207 Å². The molecular formula is C29H23N5O2. The molecule has 36 heavy (non-hydrogen) atoms. The standard InChI is InChI=1S/C29H23N5O2/c1-19-13-15-21(16-14-19)20(2)33-35-17-24-31-28-26-25(22-9-5-3-6-10-22)27(23-11-7-4-8-12-23)36-29(26)30-18-34(28)32-24/h3-16,18H,17H2,1-2H3. The number of furan rings is 1. The first kappa shape index (κ1) is 21.7. The number of oxime groups is 1. The van der Waals surface area contributed by atoms with Crippen molar-refractivity contribution < 1.29 is 9.25 Å². The summed E-state index contributed by atoms with van der Waals surface area (Å²) in [6.07, 6.45) is 1.61. The van der Waals surface area contributed by atoms with Gasteiger partial charge in [0.1, 0.15) is 12.1 Å². The van der Waals surface area contributed by atoms with Gasteiger partial charge in [0.15, 0.2) is 18.1 Å². The minimum absolute atomic E-state index is 0.135. The third kappa shape index (κ3) is 4.01. The summed E-state index contributed by atoms with van der Waals surface area (Å²) in [5.41, 5.74) is 7.08. The minimum atomic E-state index is 0.135. The fourth-order valence-electron chi connectivity index (χ4n) is 4.21. The molecule has 0 aliphatic carbocycles. The van der Waals surface area contributed by atoms with Crippen molar-refractivity contribution in [1.82, 2.24) is 19.6 Å². The van der Waals surface area contributed by atoms with Crippen LogP contribution in [0.15, 0.2) is 101 Å². The Hall–Kier alpha value is -4.78. The molecule has 176 valence electrons. The van der Waals surface area contributed by atoms with Gasteiger partial charge in [0.05, 0.1) is 11.1 Å². The Morgan fingerprint density at radius 1 is 0.917 bits per heavy atom. The Kier molecular flexibility index (Phi) is 5.50. The maximum absolute atomic E-state index is 6.28. The van der Waals surface area contributed by atoms with E-state index in [1.54, 1.807) is 10.8 Å². The molecule has 0 N–H and O–H groups in total. The molecule has 3 aromatic carbocycles. The first-order valence-electron chi connectivity index (χ1n) is 11.7. The molecule has 0 radical (unpaired) electrons. The molecule has 0 unspecified atom stereocenters. The zero-order chi connectivity index (χ0) is 24.5. The van der Waals surface area contributed by atoms with Crippen LogP contribution in [0.2, 0.25) is 0 Å². The zero-order valence-electron chi connectivity index (χ0n) is 19.9.